The summed E-state index contributed by atoms with van der Waals surface area (Å²) in [6.07, 6.45) is 6.91. The number of halogens is 1. The SMILES string of the molecule is COC(=O)N[C@H](C(=O)N1CCC[C@H]1c1ncc(-c2cc(F)c3c(c2)OC(c2ccc(C4CCCC4)s2)n2c-3cc3cc(B4OC(C)(C)C(C)(C)O4)ccc32)[nH]1)C(C)C. The molecule has 5 aromatic rings. The standard InChI is InChI=1S/C44H51BFN5O6S/c1-24(2)38(49-42(53)54-7)40(52)50-18-10-13-32(50)39-47-23-30(48-39)26-20-29(46)37-33-21-27-19-28(45-56-43(3,4)44(5,6)57-45)14-15-31(27)51(33)41(55-34(37)22-26)36-17-16-35(58-36)25-11-8-9-12-25/h14-17,19-25,32,38,41H,8-13,18H2,1-7H3,(H,47,48)(H,49,53)/t32-,38-,41?/m0/s1. The fourth-order valence-electron chi connectivity index (χ4n) is 9.04. The van der Waals surface area contributed by atoms with Crippen LogP contribution in [0.15, 0.2) is 54.7 Å². The van der Waals surface area contributed by atoms with Gasteiger partial charge in [0, 0.05) is 22.4 Å². The van der Waals surface area contributed by atoms with Gasteiger partial charge in [0.15, 0.2) is 0 Å². The van der Waals surface area contributed by atoms with Crippen molar-refractivity contribution in [3.8, 4) is 28.3 Å². The van der Waals surface area contributed by atoms with Crippen LogP contribution >= 0.6 is 11.3 Å². The highest BCUT2D eigenvalue weighted by atomic mass is 32.1. The molecule has 304 valence electrons. The number of rotatable bonds is 8. The van der Waals surface area contributed by atoms with Gasteiger partial charge in [0.2, 0.25) is 12.1 Å². The lowest BCUT2D eigenvalue weighted by molar-refractivity contribution is -0.135. The number of hydrogen-bond acceptors (Lipinski definition) is 8. The number of methoxy groups -OCH3 is 1. The van der Waals surface area contributed by atoms with Crippen molar-refractivity contribution in [2.75, 3.05) is 13.7 Å². The number of aromatic amines is 1. The van der Waals surface area contributed by atoms with Gasteiger partial charge in [0.1, 0.15) is 23.4 Å². The number of ether oxygens (including phenoxy) is 2. The highest BCUT2D eigenvalue weighted by molar-refractivity contribution is 7.12. The summed E-state index contributed by atoms with van der Waals surface area (Å²) in [6.45, 7) is 12.5. The van der Waals surface area contributed by atoms with Crippen molar-refractivity contribution in [2.24, 2.45) is 5.92 Å². The van der Waals surface area contributed by atoms with Crippen LogP contribution in [0.5, 0.6) is 5.75 Å². The summed E-state index contributed by atoms with van der Waals surface area (Å²) in [5.74, 6) is 0.851. The van der Waals surface area contributed by atoms with E-state index < -0.39 is 42.5 Å². The molecule has 1 unspecified atom stereocenters. The maximum absolute atomic E-state index is 16.8. The highest BCUT2D eigenvalue weighted by Crippen LogP contribution is 2.49. The van der Waals surface area contributed by atoms with Crippen molar-refractivity contribution in [2.45, 2.75) is 115 Å². The minimum absolute atomic E-state index is 0.151. The first-order valence-corrected chi connectivity index (χ1v) is 21.4. The zero-order valence-corrected chi connectivity index (χ0v) is 35.0. The molecule has 2 aromatic carbocycles. The number of imidazole rings is 1. The number of hydrogen-bond donors (Lipinski definition) is 2. The van der Waals surface area contributed by atoms with Crippen LogP contribution in [-0.4, -0.2) is 69.5 Å². The normalized spacial score (nSPS) is 21.7. The molecule has 9 rings (SSSR count). The Morgan fingerprint density at radius 1 is 1.00 bits per heavy atom. The van der Waals surface area contributed by atoms with Crippen LogP contribution < -0.4 is 15.5 Å². The third-order valence-corrected chi connectivity index (χ3v) is 14.2. The second-order valence-electron chi connectivity index (χ2n) is 17.6. The quantitative estimate of drug-likeness (QED) is 0.150. The van der Waals surface area contributed by atoms with Crippen LogP contribution in [0.4, 0.5) is 9.18 Å². The fraction of sp³-hybridized carbons (Fsp3) is 0.477. The van der Waals surface area contributed by atoms with Crippen molar-refractivity contribution in [1.29, 1.82) is 0 Å². The molecule has 1 aliphatic carbocycles. The molecule has 2 amide bonds. The van der Waals surface area contributed by atoms with Gasteiger partial charge in [-0.2, -0.15) is 0 Å². The third kappa shape index (κ3) is 6.61. The Hall–Kier alpha value is -4.66. The summed E-state index contributed by atoms with van der Waals surface area (Å²) in [5, 5.41) is 3.64. The van der Waals surface area contributed by atoms with Crippen molar-refractivity contribution in [3.63, 3.8) is 0 Å². The summed E-state index contributed by atoms with van der Waals surface area (Å²) in [5.41, 5.74) is 3.20. The lowest BCUT2D eigenvalue weighted by Gasteiger charge is -2.32. The molecule has 3 atom stereocenters. The molecule has 3 aliphatic heterocycles. The topological polar surface area (TPSA) is 120 Å². The lowest BCUT2D eigenvalue weighted by Crippen LogP contribution is -2.51. The van der Waals surface area contributed by atoms with Crippen molar-refractivity contribution >= 4 is 46.8 Å². The van der Waals surface area contributed by atoms with E-state index in [0.717, 1.165) is 33.4 Å². The van der Waals surface area contributed by atoms with E-state index >= 15 is 4.39 Å². The lowest BCUT2D eigenvalue weighted by atomic mass is 9.78. The molecule has 6 heterocycles. The molecule has 58 heavy (non-hydrogen) atoms. The fourth-order valence-corrected chi connectivity index (χ4v) is 10.2. The van der Waals surface area contributed by atoms with Crippen molar-refractivity contribution in [3.05, 3.63) is 76.1 Å². The molecule has 3 aromatic heterocycles. The zero-order chi connectivity index (χ0) is 40.7. The van der Waals surface area contributed by atoms with Gasteiger partial charge in [0.25, 0.3) is 0 Å². The average Bonchev–Trinajstić information content (AvgIpc) is 4.04. The molecule has 14 heteroatoms. The van der Waals surface area contributed by atoms with E-state index in [1.807, 2.05) is 59.7 Å². The molecule has 11 nitrogen and oxygen atoms in total. The predicted molar refractivity (Wildman–Crippen MR) is 223 cm³/mol. The highest BCUT2D eigenvalue weighted by Gasteiger charge is 2.52. The van der Waals surface area contributed by atoms with Crippen LogP contribution in [0, 0.1) is 11.7 Å². The summed E-state index contributed by atoms with van der Waals surface area (Å²) in [6, 6.07) is 15.0. The maximum Gasteiger partial charge on any atom is 0.494 e. The molecule has 0 bridgehead atoms. The smallest absolute Gasteiger partial charge is 0.464 e. The Balaban J connectivity index is 1.08. The van der Waals surface area contributed by atoms with Gasteiger partial charge in [-0.15, -0.1) is 11.3 Å². The largest absolute Gasteiger partial charge is 0.494 e. The predicted octanol–water partition coefficient (Wildman–Crippen LogP) is 8.84. The van der Waals surface area contributed by atoms with Crippen LogP contribution in [0.3, 0.4) is 0 Å². The number of aromatic nitrogens is 3. The molecule has 4 aliphatic rings. The number of carbonyl (C=O) groups is 2. The van der Waals surface area contributed by atoms with Gasteiger partial charge in [0.05, 0.1) is 57.9 Å². The Morgan fingerprint density at radius 2 is 1.74 bits per heavy atom. The summed E-state index contributed by atoms with van der Waals surface area (Å²) in [7, 11) is 0.751. The molecular weight excluding hydrogens is 756 g/mol. The number of H-pyrrole nitrogens is 1. The number of likely N-dealkylation sites (tertiary alicyclic amines) is 1. The molecule has 1 saturated carbocycles. The number of nitrogens with zero attached hydrogens (tertiary/aromatic N) is 3. The van der Waals surface area contributed by atoms with E-state index in [2.05, 4.69) is 39.1 Å². The Morgan fingerprint density at radius 3 is 2.47 bits per heavy atom. The first-order valence-electron chi connectivity index (χ1n) is 20.5. The number of benzene rings is 2. The minimum Gasteiger partial charge on any atom is -0.464 e. The number of amides is 2. The summed E-state index contributed by atoms with van der Waals surface area (Å²) in [4.78, 5) is 38.2. The number of alkyl carbamates (subject to hydrolysis) is 1. The Labute approximate surface area is 342 Å². The Kier molecular flexibility index (Phi) is 9.75. The van der Waals surface area contributed by atoms with Crippen LogP contribution in [-0.2, 0) is 18.8 Å². The zero-order valence-electron chi connectivity index (χ0n) is 34.2. The first kappa shape index (κ1) is 38.8. The van der Waals surface area contributed by atoms with E-state index in [-0.39, 0.29) is 17.9 Å². The van der Waals surface area contributed by atoms with Crippen molar-refractivity contribution < 1.29 is 32.8 Å². The summed E-state index contributed by atoms with van der Waals surface area (Å²) >= 11 is 1.78. The number of fused-ring (bicyclic) bond motifs is 5. The first-order chi connectivity index (χ1) is 27.7. The van der Waals surface area contributed by atoms with Crippen LogP contribution in [0.1, 0.15) is 114 Å². The van der Waals surface area contributed by atoms with Gasteiger partial charge in [-0.3, -0.25) is 9.36 Å². The van der Waals surface area contributed by atoms with E-state index in [1.165, 1.54) is 43.7 Å². The molecule has 2 saturated heterocycles. The van der Waals surface area contributed by atoms with E-state index in [0.29, 0.717) is 47.3 Å². The maximum atomic E-state index is 16.8. The van der Waals surface area contributed by atoms with E-state index in [4.69, 9.17) is 23.8 Å². The third-order valence-electron chi connectivity index (χ3n) is 13.0. The molecule has 0 radical (unpaired) electrons. The average molecular weight is 808 g/mol. The van der Waals surface area contributed by atoms with Gasteiger partial charge in [-0.1, -0.05) is 38.8 Å². The molecule has 2 N–H and O–H groups in total. The molecule has 0 spiro atoms. The molecule has 3 fully saturated rings. The van der Waals surface area contributed by atoms with Crippen LogP contribution in [0.2, 0.25) is 0 Å². The minimum atomic E-state index is -0.745. The number of carbonyl (C=O) groups excluding carboxylic acids is 2. The van der Waals surface area contributed by atoms with Crippen molar-refractivity contribution in [1.82, 2.24) is 24.8 Å². The van der Waals surface area contributed by atoms with E-state index in [1.54, 1.807) is 22.4 Å². The van der Waals surface area contributed by atoms with Gasteiger partial charge in [-0.25, -0.2) is 14.2 Å². The number of nitrogens with one attached hydrogen (secondary N) is 2. The molecular formula is C44H51BFN5O6S. The van der Waals surface area contributed by atoms with Gasteiger partial charge >= 0.3 is 13.2 Å². The second kappa shape index (κ2) is 14.6. The monoisotopic (exact) mass is 807 g/mol. The Bertz CT molecular complexity index is 2380. The summed E-state index contributed by atoms with van der Waals surface area (Å²) < 4.78 is 43.4. The van der Waals surface area contributed by atoms with E-state index in [9.17, 15) is 9.59 Å². The van der Waals surface area contributed by atoms with Crippen LogP contribution in [0.25, 0.3) is 33.4 Å². The number of thiophene rings is 1. The second-order valence-corrected chi connectivity index (χ2v) is 18.7. The van der Waals surface area contributed by atoms with Gasteiger partial charge in [-0.05, 0) is 107 Å². The van der Waals surface area contributed by atoms with Gasteiger partial charge < -0.3 is 34.0 Å².